The molecular formula is C23H24N4O5S. The van der Waals surface area contributed by atoms with Gasteiger partial charge in [0.1, 0.15) is 0 Å². The van der Waals surface area contributed by atoms with Gasteiger partial charge in [-0.25, -0.2) is 8.42 Å². The molecule has 0 aliphatic carbocycles. The Morgan fingerprint density at radius 2 is 1.55 bits per heavy atom. The van der Waals surface area contributed by atoms with Crippen molar-refractivity contribution in [2.75, 3.05) is 26.2 Å². The van der Waals surface area contributed by atoms with E-state index in [1.807, 2.05) is 54.8 Å². The van der Waals surface area contributed by atoms with Crippen LogP contribution in [0.4, 0.5) is 5.69 Å². The molecule has 33 heavy (non-hydrogen) atoms. The van der Waals surface area contributed by atoms with Crippen molar-refractivity contribution in [3.05, 3.63) is 87.7 Å². The summed E-state index contributed by atoms with van der Waals surface area (Å²) in [5.41, 5.74) is 2.83. The number of aromatic nitrogens is 1. The maximum absolute atomic E-state index is 13.2. The summed E-state index contributed by atoms with van der Waals surface area (Å²) in [6.07, 6.45) is 0. The van der Waals surface area contributed by atoms with Crippen LogP contribution in [0.3, 0.4) is 0 Å². The number of rotatable bonds is 5. The molecule has 4 rings (SSSR count). The molecule has 0 unspecified atom stereocenters. The molecule has 1 aliphatic rings. The molecule has 172 valence electrons. The summed E-state index contributed by atoms with van der Waals surface area (Å²) in [5.74, 6) is -0.159. The quantitative estimate of drug-likeness (QED) is 0.422. The summed E-state index contributed by atoms with van der Waals surface area (Å²) >= 11 is 0. The van der Waals surface area contributed by atoms with Crippen molar-refractivity contribution >= 4 is 21.6 Å². The fourth-order valence-corrected chi connectivity index (χ4v) is 5.80. The number of carbonyl (C=O) groups is 1. The summed E-state index contributed by atoms with van der Waals surface area (Å²) < 4.78 is 29.3. The number of piperazine rings is 1. The van der Waals surface area contributed by atoms with Gasteiger partial charge in [-0.15, -0.1) is 0 Å². The van der Waals surface area contributed by atoms with Crippen LogP contribution >= 0.6 is 0 Å². The minimum Gasteiger partial charge on any atom is -0.336 e. The molecule has 2 aromatic carbocycles. The summed E-state index contributed by atoms with van der Waals surface area (Å²) in [6, 6.07) is 16.9. The van der Waals surface area contributed by atoms with E-state index in [0.717, 1.165) is 17.1 Å². The molecule has 0 saturated carbocycles. The molecule has 0 bridgehead atoms. The Morgan fingerprint density at radius 3 is 2.18 bits per heavy atom. The van der Waals surface area contributed by atoms with Crippen molar-refractivity contribution in [2.45, 2.75) is 18.7 Å². The Morgan fingerprint density at radius 1 is 0.939 bits per heavy atom. The second-order valence-electron chi connectivity index (χ2n) is 7.88. The van der Waals surface area contributed by atoms with E-state index in [1.54, 1.807) is 4.90 Å². The average Bonchev–Trinajstić information content (AvgIpc) is 3.12. The van der Waals surface area contributed by atoms with E-state index in [-0.39, 0.29) is 37.0 Å². The predicted molar refractivity (Wildman–Crippen MR) is 123 cm³/mol. The minimum absolute atomic E-state index is 0.0670. The van der Waals surface area contributed by atoms with Crippen molar-refractivity contribution in [1.29, 1.82) is 0 Å². The van der Waals surface area contributed by atoms with E-state index in [4.69, 9.17) is 0 Å². The standard InChI is InChI=1S/C23H24N4O5S/c1-17-16-20(18(2)26(17)19-8-4-3-5-9-19)23(28)24-12-14-25(15-13-24)33(31,32)22-11-7-6-10-21(22)27(29)30/h3-11,16H,12-15H2,1-2H3. The van der Waals surface area contributed by atoms with Crippen molar-refractivity contribution in [3.8, 4) is 5.69 Å². The molecule has 0 atom stereocenters. The zero-order valence-corrected chi connectivity index (χ0v) is 19.2. The summed E-state index contributed by atoms with van der Waals surface area (Å²) in [5, 5.41) is 11.3. The van der Waals surface area contributed by atoms with Gasteiger partial charge in [-0.2, -0.15) is 4.31 Å². The first-order chi connectivity index (χ1) is 15.7. The van der Waals surface area contributed by atoms with Gasteiger partial charge >= 0.3 is 0 Å². The van der Waals surface area contributed by atoms with Crippen LogP contribution in [0, 0.1) is 24.0 Å². The molecule has 1 aromatic heterocycles. The average molecular weight is 469 g/mol. The topological polar surface area (TPSA) is 106 Å². The van der Waals surface area contributed by atoms with E-state index in [1.165, 1.54) is 28.6 Å². The molecule has 1 amide bonds. The molecule has 1 saturated heterocycles. The van der Waals surface area contributed by atoms with Crippen LogP contribution in [0.25, 0.3) is 5.69 Å². The Labute approximate surface area is 192 Å². The maximum atomic E-state index is 13.2. The third-order valence-corrected chi connectivity index (χ3v) is 7.83. The Balaban J connectivity index is 1.52. The number of amides is 1. The van der Waals surface area contributed by atoms with Crippen LogP contribution in [0.5, 0.6) is 0 Å². The Bertz CT molecular complexity index is 1310. The molecular weight excluding hydrogens is 444 g/mol. The Hall–Kier alpha value is -3.50. The minimum atomic E-state index is -4.05. The lowest BCUT2D eigenvalue weighted by molar-refractivity contribution is -0.387. The molecule has 9 nitrogen and oxygen atoms in total. The van der Waals surface area contributed by atoms with Gasteiger partial charge in [-0.3, -0.25) is 14.9 Å². The predicted octanol–water partition coefficient (Wildman–Crippen LogP) is 3.15. The van der Waals surface area contributed by atoms with Crippen molar-refractivity contribution in [1.82, 2.24) is 13.8 Å². The van der Waals surface area contributed by atoms with Crippen LogP contribution < -0.4 is 0 Å². The largest absolute Gasteiger partial charge is 0.336 e. The number of hydrogen-bond donors (Lipinski definition) is 0. The highest BCUT2D eigenvalue weighted by Crippen LogP contribution is 2.28. The molecule has 0 spiro atoms. The SMILES string of the molecule is Cc1cc(C(=O)N2CCN(S(=O)(=O)c3ccccc3[N+](=O)[O-])CC2)c(C)n1-c1ccccc1. The number of para-hydroxylation sites is 2. The van der Waals surface area contributed by atoms with Gasteiger partial charge in [-0.05, 0) is 38.1 Å². The van der Waals surface area contributed by atoms with Gasteiger partial charge in [-0.1, -0.05) is 30.3 Å². The molecule has 1 fully saturated rings. The number of nitrogens with zero attached hydrogens (tertiary/aromatic N) is 4. The fraction of sp³-hybridized carbons (Fsp3) is 0.261. The van der Waals surface area contributed by atoms with E-state index < -0.39 is 20.6 Å². The van der Waals surface area contributed by atoms with Crippen LogP contribution in [-0.2, 0) is 10.0 Å². The number of benzene rings is 2. The highest BCUT2D eigenvalue weighted by molar-refractivity contribution is 7.89. The second kappa shape index (κ2) is 8.80. The lowest BCUT2D eigenvalue weighted by Crippen LogP contribution is -2.50. The summed E-state index contributed by atoms with van der Waals surface area (Å²) in [7, 11) is -4.05. The molecule has 0 N–H and O–H groups in total. The van der Waals surface area contributed by atoms with Crippen molar-refractivity contribution in [3.63, 3.8) is 0 Å². The zero-order chi connectivity index (χ0) is 23.8. The monoisotopic (exact) mass is 468 g/mol. The molecule has 2 heterocycles. The van der Waals surface area contributed by atoms with Gasteiger partial charge in [0.15, 0.2) is 4.90 Å². The zero-order valence-electron chi connectivity index (χ0n) is 18.3. The van der Waals surface area contributed by atoms with Gasteiger partial charge in [0.2, 0.25) is 10.0 Å². The van der Waals surface area contributed by atoms with Crippen molar-refractivity contribution in [2.24, 2.45) is 0 Å². The summed E-state index contributed by atoms with van der Waals surface area (Å²) in [6.45, 7) is 4.37. The molecule has 3 aromatic rings. The molecule has 10 heteroatoms. The smallest absolute Gasteiger partial charge is 0.289 e. The van der Waals surface area contributed by atoms with Gasteiger partial charge in [0, 0.05) is 49.3 Å². The Kier molecular flexibility index (Phi) is 6.05. The molecule has 0 radical (unpaired) electrons. The number of aryl methyl sites for hydroxylation is 1. The number of sulfonamides is 1. The highest BCUT2D eigenvalue weighted by Gasteiger charge is 2.35. The lowest BCUT2D eigenvalue weighted by atomic mass is 10.2. The second-order valence-corrected chi connectivity index (χ2v) is 9.78. The van der Waals surface area contributed by atoms with Crippen LogP contribution in [0.2, 0.25) is 0 Å². The van der Waals surface area contributed by atoms with Gasteiger partial charge in [0.25, 0.3) is 11.6 Å². The van der Waals surface area contributed by atoms with E-state index in [2.05, 4.69) is 0 Å². The number of carbonyl (C=O) groups excluding carboxylic acids is 1. The normalized spacial score (nSPS) is 14.9. The van der Waals surface area contributed by atoms with E-state index >= 15 is 0 Å². The first kappa shape index (κ1) is 22.7. The highest BCUT2D eigenvalue weighted by atomic mass is 32.2. The van der Waals surface area contributed by atoms with E-state index in [0.29, 0.717) is 5.56 Å². The number of nitro benzene ring substituents is 1. The van der Waals surface area contributed by atoms with Crippen LogP contribution in [-0.4, -0.2) is 59.2 Å². The number of nitro groups is 1. The first-order valence-corrected chi connectivity index (χ1v) is 11.9. The first-order valence-electron chi connectivity index (χ1n) is 10.5. The number of hydrogen-bond acceptors (Lipinski definition) is 5. The lowest BCUT2D eigenvalue weighted by Gasteiger charge is -2.34. The fourth-order valence-electron chi connectivity index (χ4n) is 4.22. The maximum Gasteiger partial charge on any atom is 0.289 e. The van der Waals surface area contributed by atoms with Crippen LogP contribution in [0.1, 0.15) is 21.7 Å². The third-order valence-electron chi connectivity index (χ3n) is 5.88. The van der Waals surface area contributed by atoms with E-state index in [9.17, 15) is 23.3 Å². The van der Waals surface area contributed by atoms with Gasteiger partial charge < -0.3 is 9.47 Å². The van der Waals surface area contributed by atoms with Crippen molar-refractivity contribution < 1.29 is 18.1 Å². The van der Waals surface area contributed by atoms with Gasteiger partial charge in [0.05, 0.1) is 10.5 Å². The van der Waals surface area contributed by atoms with Crippen LogP contribution in [0.15, 0.2) is 65.6 Å². The summed E-state index contributed by atoms with van der Waals surface area (Å²) in [4.78, 5) is 25.1. The molecule has 1 aliphatic heterocycles. The third kappa shape index (κ3) is 4.14.